The van der Waals surface area contributed by atoms with E-state index in [1.165, 1.54) is 31.2 Å². The largest absolute Gasteiger partial charge is 0.398 e. The van der Waals surface area contributed by atoms with Gasteiger partial charge in [-0.3, -0.25) is 5.10 Å². The number of fused-ring (bicyclic) bond motifs is 1. The molecule has 0 fully saturated rings. The molecule has 2 aromatic rings. The fourth-order valence-corrected chi connectivity index (χ4v) is 2.44. The van der Waals surface area contributed by atoms with Crippen molar-refractivity contribution in [2.75, 3.05) is 5.73 Å². The SMILES string of the molecule is CCCCCCc1cc2[nH]nnc2c(CC)c1N. The van der Waals surface area contributed by atoms with Gasteiger partial charge in [-0.1, -0.05) is 38.3 Å². The number of anilines is 1. The zero-order valence-electron chi connectivity index (χ0n) is 11.3. The molecule has 0 saturated carbocycles. The van der Waals surface area contributed by atoms with Crippen LogP contribution in [0.25, 0.3) is 11.0 Å². The number of benzene rings is 1. The van der Waals surface area contributed by atoms with Gasteiger partial charge in [-0.05, 0) is 30.9 Å². The van der Waals surface area contributed by atoms with Crippen molar-refractivity contribution in [2.45, 2.75) is 52.4 Å². The molecule has 0 spiro atoms. The van der Waals surface area contributed by atoms with E-state index in [-0.39, 0.29) is 0 Å². The number of rotatable bonds is 6. The van der Waals surface area contributed by atoms with Gasteiger partial charge in [0.05, 0.1) is 5.52 Å². The number of aryl methyl sites for hydroxylation is 2. The Morgan fingerprint density at radius 2 is 2.06 bits per heavy atom. The van der Waals surface area contributed by atoms with Crippen molar-refractivity contribution in [1.82, 2.24) is 15.4 Å². The van der Waals surface area contributed by atoms with E-state index >= 15 is 0 Å². The Hall–Kier alpha value is -1.58. The summed E-state index contributed by atoms with van der Waals surface area (Å²) in [5.74, 6) is 0. The van der Waals surface area contributed by atoms with Crippen LogP contribution in [0.5, 0.6) is 0 Å². The average molecular weight is 246 g/mol. The first-order valence-electron chi connectivity index (χ1n) is 6.88. The molecule has 0 atom stereocenters. The summed E-state index contributed by atoms with van der Waals surface area (Å²) in [6.45, 7) is 4.34. The number of nitrogen functional groups attached to an aromatic ring is 1. The van der Waals surface area contributed by atoms with Crippen LogP contribution in [0.15, 0.2) is 6.07 Å². The molecule has 0 unspecified atom stereocenters. The van der Waals surface area contributed by atoms with E-state index in [4.69, 9.17) is 5.73 Å². The van der Waals surface area contributed by atoms with Gasteiger partial charge in [0.25, 0.3) is 0 Å². The number of hydrogen-bond donors (Lipinski definition) is 2. The molecule has 0 aliphatic carbocycles. The highest BCUT2D eigenvalue weighted by Crippen LogP contribution is 2.27. The van der Waals surface area contributed by atoms with Crippen LogP contribution in [0.2, 0.25) is 0 Å². The Morgan fingerprint density at radius 3 is 2.78 bits per heavy atom. The maximum Gasteiger partial charge on any atom is 0.118 e. The summed E-state index contributed by atoms with van der Waals surface area (Å²) in [7, 11) is 0. The van der Waals surface area contributed by atoms with E-state index in [1.54, 1.807) is 0 Å². The van der Waals surface area contributed by atoms with Crippen molar-refractivity contribution in [3.63, 3.8) is 0 Å². The molecule has 1 aromatic heterocycles. The smallest absolute Gasteiger partial charge is 0.118 e. The number of hydrogen-bond acceptors (Lipinski definition) is 3. The molecule has 4 heteroatoms. The van der Waals surface area contributed by atoms with E-state index in [9.17, 15) is 0 Å². The second kappa shape index (κ2) is 5.85. The minimum atomic E-state index is 0.900. The molecular formula is C14H22N4. The number of nitrogens with two attached hydrogens (primary N) is 1. The molecule has 0 bridgehead atoms. The third-order valence-electron chi connectivity index (χ3n) is 3.50. The molecule has 4 nitrogen and oxygen atoms in total. The third kappa shape index (κ3) is 2.47. The molecule has 0 amide bonds. The van der Waals surface area contributed by atoms with Gasteiger partial charge < -0.3 is 5.73 Å². The summed E-state index contributed by atoms with van der Waals surface area (Å²) < 4.78 is 0. The fraction of sp³-hybridized carbons (Fsp3) is 0.571. The van der Waals surface area contributed by atoms with Gasteiger partial charge in [-0.25, -0.2) is 0 Å². The monoisotopic (exact) mass is 246 g/mol. The summed E-state index contributed by atoms with van der Waals surface area (Å²) in [5.41, 5.74) is 11.5. The van der Waals surface area contributed by atoms with Crippen LogP contribution in [0.1, 0.15) is 50.7 Å². The van der Waals surface area contributed by atoms with Crippen LogP contribution in [0, 0.1) is 0 Å². The van der Waals surface area contributed by atoms with Crippen LogP contribution in [0.3, 0.4) is 0 Å². The van der Waals surface area contributed by atoms with Crippen LogP contribution < -0.4 is 5.73 Å². The van der Waals surface area contributed by atoms with Gasteiger partial charge >= 0.3 is 0 Å². The molecular weight excluding hydrogens is 224 g/mol. The van der Waals surface area contributed by atoms with E-state index in [0.29, 0.717) is 0 Å². The Bertz CT molecular complexity index is 516. The predicted octanol–water partition coefficient (Wildman–Crippen LogP) is 3.23. The maximum absolute atomic E-state index is 6.25. The Morgan fingerprint density at radius 1 is 1.22 bits per heavy atom. The van der Waals surface area contributed by atoms with Gasteiger partial charge in [-0.2, -0.15) is 0 Å². The molecule has 1 aromatic carbocycles. The lowest BCUT2D eigenvalue weighted by atomic mass is 9.98. The summed E-state index contributed by atoms with van der Waals surface area (Å²) in [4.78, 5) is 0. The maximum atomic E-state index is 6.25. The Labute approximate surface area is 108 Å². The molecule has 0 aliphatic heterocycles. The molecule has 98 valence electrons. The van der Waals surface area contributed by atoms with E-state index in [2.05, 4.69) is 35.3 Å². The normalized spacial score (nSPS) is 11.2. The molecule has 3 N–H and O–H groups in total. The van der Waals surface area contributed by atoms with Crippen molar-refractivity contribution < 1.29 is 0 Å². The highest BCUT2D eigenvalue weighted by atomic mass is 15.3. The standard InChI is InChI=1S/C14H22N4/c1-3-5-6-7-8-10-9-12-14(17-18-16-12)11(4-2)13(10)15/h9H,3-8,15H2,1-2H3,(H,16,17,18). The zero-order chi connectivity index (χ0) is 13.0. The summed E-state index contributed by atoms with van der Waals surface area (Å²) in [6, 6.07) is 2.11. The quantitative estimate of drug-likeness (QED) is 0.607. The second-order valence-electron chi connectivity index (χ2n) is 4.80. The fourth-order valence-electron chi connectivity index (χ4n) is 2.44. The summed E-state index contributed by atoms with van der Waals surface area (Å²) >= 11 is 0. The van der Waals surface area contributed by atoms with Crippen LogP contribution in [-0.4, -0.2) is 15.4 Å². The molecule has 0 radical (unpaired) electrons. The average Bonchev–Trinajstić information content (AvgIpc) is 2.83. The molecule has 0 aliphatic rings. The minimum absolute atomic E-state index is 0.900. The number of aromatic amines is 1. The first kappa shape index (κ1) is 12.9. The molecule has 1 heterocycles. The van der Waals surface area contributed by atoms with Gasteiger partial charge in [0, 0.05) is 11.3 Å². The highest BCUT2D eigenvalue weighted by Gasteiger charge is 2.11. The van der Waals surface area contributed by atoms with E-state index in [1.807, 2.05) is 0 Å². The lowest BCUT2D eigenvalue weighted by Gasteiger charge is -2.10. The summed E-state index contributed by atoms with van der Waals surface area (Å²) in [5, 5.41) is 10.9. The second-order valence-corrected chi connectivity index (χ2v) is 4.80. The van der Waals surface area contributed by atoms with Crippen LogP contribution >= 0.6 is 0 Å². The van der Waals surface area contributed by atoms with Gasteiger partial charge in [0.2, 0.25) is 0 Å². The van der Waals surface area contributed by atoms with Crippen molar-refractivity contribution in [1.29, 1.82) is 0 Å². The van der Waals surface area contributed by atoms with Crippen molar-refractivity contribution in [3.05, 3.63) is 17.2 Å². The van der Waals surface area contributed by atoms with Crippen molar-refractivity contribution in [3.8, 4) is 0 Å². The Kier molecular flexibility index (Phi) is 4.18. The number of H-pyrrole nitrogens is 1. The van der Waals surface area contributed by atoms with Crippen LogP contribution in [-0.2, 0) is 12.8 Å². The van der Waals surface area contributed by atoms with Crippen LogP contribution in [0.4, 0.5) is 5.69 Å². The third-order valence-corrected chi connectivity index (χ3v) is 3.50. The first-order chi connectivity index (χ1) is 8.77. The first-order valence-corrected chi connectivity index (χ1v) is 6.88. The lowest BCUT2D eigenvalue weighted by Crippen LogP contribution is -2.01. The van der Waals surface area contributed by atoms with E-state index < -0.39 is 0 Å². The summed E-state index contributed by atoms with van der Waals surface area (Å²) in [6.07, 6.45) is 6.99. The highest BCUT2D eigenvalue weighted by molar-refractivity contribution is 5.84. The minimum Gasteiger partial charge on any atom is -0.398 e. The lowest BCUT2D eigenvalue weighted by molar-refractivity contribution is 0.667. The van der Waals surface area contributed by atoms with Gasteiger partial charge in [-0.15, -0.1) is 5.10 Å². The predicted molar refractivity (Wildman–Crippen MR) is 75.5 cm³/mol. The molecule has 2 rings (SSSR count). The van der Waals surface area contributed by atoms with Crippen molar-refractivity contribution in [2.24, 2.45) is 0 Å². The number of nitrogens with zero attached hydrogens (tertiary/aromatic N) is 2. The number of nitrogens with one attached hydrogen (secondary N) is 1. The zero-order valence-corrected chi connectivity index (χ0v) is 11.3. The topological polar surface area (TPSA) is 67.6 Å². The van der Waals surface area contributed by atoms with E-state index in [0.717, 1.165) is 35.1 Å². The van der Waals surface area contributed by atoms with Crippen molar-refractivity contribution >= 4 is 16.7 Å². The molecule has 18 heavy (non-hydrogen) atoms. The van der Waals surface area contributed by atoms with Gasteiger partial charge in [0.1, 0.15) is 5.52 Å². The number of unbranched alkanes of at least 4 members (excludes halogenated alkanes) is 3. The number of aromatic nitrogens is 3. The van der Waals surface area contributed by atoms with Gasteiger partial charge in [0.15, 0.2) is 0 Å². The molecule has 0 saturated heterocycles. The Balaban J connectivity index is 2.24.